The molecule has 0 aliphatic heterocycles. The van der Waals surface area contributed by atoms with Gasteiger partial charge in [0.25, 0.3) is 0 Å². The predicted molar refractivity (Wildman–Crippen MR) is 62.5 cm³/mol. The molecule has 0 heterocycles. The quantitative estimate of drug-likeness (QED) is 0.729. The van der Waals surface area contributed by atoms with Crippen LogP contribution in [0.5, 0.6) is 0 Å². The Hall–Kier alpha value is -0.610. The van der Waals surface area contributed by atoms with Crippen molar-refractivity contribution in [3.8, 4) is 0 Å². The SMILES string of the molecule is CNC(C)(CCOC1CCCCC1)C(=O)O. The Bertz CT molecular complexity index is 226. The molecule has 94 valence electrons. The second-order valence-electron chi connectivity index (χ2n) is 4.77. The van der Waals surface area contributed by atoms with Crippen LogP contribution in [0.2, 0.25) is 0 Å². The van der Waals surface area contributed by atoms with Gasteiger partial charge in [0.05, 0.1) is 6.10 Å². The second-order valence-corrected chi connectivity index (χ2v) is 4.77. The lowest BCUT2D eigenvalue weighted by molar-refractivity contribution is -0.145. The van der Waals surface area contributed by atoms with Crippen LogP contribution in [0.3, 0.4) is 0 Å². The lowest BCUT2D eigenvalue weighted by atomic mass is 9.97. The van der Waals surface area contributed by atoms with E-state index in [1.807, 2.05) is 0 Å². The van der Waals surface area contributed by atoms with E-state index in [0.717, 1.165) is 12.8 Å². The van der Waals surface area contributed by atoms with Gasteiger partial charge in [-0.3, -0.25) is 4.79 Å². The molecule has 16 heavy (non-hydrogen) atoms. The average molecular weight is 229 g/mol. The van der Waals surface area contributed by atoms with E-state index in [9.17, 15) is 4.79 Å². The number of carbonyl (C=O) groups is 1. The molecule has 0 spiro atoms. The Morgan fingerprint density at radius 1 is 1.44 bits per heavy atom. The van der Waals surface area contributed by atoms with E-state index >= 15 is 0 Å². The van der Waals surface area contributed by atoms with Crippen molar-refractivity contribution in [3.63, 3.8) is 0 Å². The highest BCUT2D eigenvalue weighted by molar-refractivity contribution is 5.78. The highest BCUT2D eigenvalue weighted by Gasteiger charge is 2.31. The largest absolute Gasteiger partial charge is 0.480 e. The molecule has 4 nitrogen and oxygen atoms in total. The molecule has 0 saturated heterocycles. The van der Waals surface area contributed by atoms with Gasteiger partial charge in [-0.2, -0.15) is 0 Å². The fraction of sp³-hybridized carbons (Fsp3) is 0.917. The van der Waals surface area contributed by atoms with Gasteiger partial charge in [0.1, 0.15) is 5.54 Å². The minimum absolute atomic E-state index is 0.351. The van der Waals surface area contributed by atoms with Crippen LogP contribution >= 0.6 is 0 Å². The fourth-order valence-corrected chi connectivity index (χ4v) is 2.00. The topological polar surface area (TPSA) is 58.6 Å². The Kier molecular flexibility index (Phi) is 5.22. The molecule has 1 unspecified atom stereocenters. The van der Waals surface area contributed by atoms with Gasteiger partial charge in [-0.15, -0.1) is 0 Å². The first-order chi connectivity index (χ1) is 7.58. The molecule has 4 heteroatoms. The van der Waals surface area contributed by atoms with Gasteiger partial charge in [-0.1, -0.05) is 19.3 Å². The maximum absolute atomic E-state index is 11.0. The van der Waals surface area contributed by atoms with Crippen LogP contribution in [0, 0.1) is 0 Å². The molecule has 1 aliphatic rings. The first-order valence-electron chi connectivity index (χ1n) is 6.12. The molecule has 0 bridgehead atoms. The standard InChI is InChI=1S/C12H23NO3/c1-12(13-2,11(14)15)8-9-16-10-6-4-3-5-7-10/h10,13H,3-9H2,1-2H3,(H,14,15). The van der Waals surface area contributed by atoms with Crippen LogP contribution < -0.4 is 5.32 Å². The Balaban J connectivity index is 2.25. The van der Waals surface area contributed by atoms with Gasteiger partial charge in [0.15, 0.2) is 0 Å². The molecule has 1 fully saturated rings. The smallest absolute Gasteiger partial charge is 0.323 e. The summed E-state index contributed by atoms with van der Waals surface area (Å²) in [4.78, 5) is 11.0. The molecule has 0 aromatic carbocycles. The molecular weight excluding hydrogens is 206 g/mol. The van der Waals surface area contributed by atoms with Crippen molar-refractivity contribution >= 4 is 5.97 Å². The van der Waals surface area contributed by atoms with Gasteiger partial charge in [-0.05, 0) is 33.2 Å². The van der Waals surface area contributed by atoms with Gasteiger partial charge in [-0.25, -0.2) is 0 Å². The van der Waals surface area contributed by atoms with Crippen LogP contribution in [0.25, 0.3) is 0 Å². The molecule has 0 amide bonds. The summed E-state index contributed by atoms with van der Waals surface area (Å²) in [7, 11) is 1.68. The molecule has 0 radical (unpaired) electrons. The van der Waals surface area contributed by atoms with Gasteiger partial charge in [0.2, 0.25) is 0 Å². The fourth-order valence-electron chi connectivity index (χ4n) is 2.00. The third-order valence-electron chi connectivity index (χ3n) is 3.53. The first-order valence-corrected chi connectivity index (χ1v) is 6.12. The van der Waals surface area contributed by atoms with Gasteiger partial charge < -0.3 is 15.2 Å². The van der Waals surface area contributed by atoms with E-state index in [-0.39, 0.29) is 0 Å². The number of hydrogen-bond donors (Lipinski definition) is 2. The molecule has 2 N–H and O–H groups in total. The highest BCUT2D eigenvalue weighted by atomic mass is 16.5. The van der Waals surface area contributed by atoms with Crippen LogP contribution in [-0.2, 0) is 9.53 Å². The van der Waals surface area contributed by atoms with E-state index in [0.29, 0.717) is 19.1 Å². The molecule has 1 rings (SSSR count). The van der Waals surface area contributed by atoms with E-state index in [1.54, 1.807) is 14.0 Å². The normalized spacial score (nSPS) is 21.6. The molecular formula is C12H23NO3. The van der Waals surface area contributed by atoms with Crippen molar-refractivity contribution < 1.29 is 14.6 Å². The van der Waals surface area contributed by atoms with Crippen molar-refractivity contribution in [2.45, 2.75) is 57.1 Å². The highest BCUT2D eigenvalue weighted by Crippen LogP contribution is 2.21. The van der Waals surface area contributed by atoms with Crippen LogP contribution in [-0.4, -0.2) is 36.4 Å². The summed E-state index contributed by atoms with van der Waals surface area (Å²) in [5, 5.41) is 11.9. The van der Waals surface area contributed by atoms with E-state index in [2.05, 4.69) is 5.32 Å². The predicted octanol–water partition coefficient (Wildman–Crippen LogP) is 1.79. The first kappa shape index (κ1) is 13.5. The Morgan fingerprint density at radius 2 is 2.06 bits per heavy atom. The third-order valence-corrected chi connectivity index (χ3v) is 3.53. The minimum atomic E-state index is -0.866. The lowest BCUT2D eigenvalue weighted by Gasteiger charge is -2.27. The summed E-state index contributed by atoms with van der Waals surface area (Å²) in [5.74, 6) is -0.817. The maximum atomic E-state index is 11.0. The summed E-state index contributed by atoms with van der Waals surface area (Å²) >= 11 is 0. The number of ether oxygens (including phenoxy) is 1. The summed E-state index contributed by atoms with van der Waals surface area (Å²) in [5.41, 5.74) is -0.866. The number of carboxylic acids is 1. The number of rotatable bonds is 6. The number of aliphatic carboxylic acids is 1. The average Bonchev–Trinajstić information content (AvgIpc) is 2.30. The van der Waals surface area contributed by atoms with Crippen LogP contribution in [0.15, 0.2) is 0 Å². The number of likely N-dealkylation sites (N-methyl/N-ethyl adjacent to an activating group) is 1. The molecule has 1 saturated carbocycles. The van der Waals surface area contributed by atoms with Crippen molar-refractivity contribution in [1.29, 1.82) is 0 Å². The van der Waals surface area contributed by atoms with Crippen LogP contribution in [0.1, 0.15) is 45.4 Å². The van der Waals surface area contributed by atoms with E-state index in [4.69, 9.17) is 9.84 Å². The van der Waals surface area contributed by atoms with Crippen molar-refractivity contribution in [3.05, 3.63) is 0 Å². The number of hydrogen-bond acceptors (Lipinski definition) is 3. The third kappa shape index (κ3) is 3.76. The zero-order valence-corrected chi connectivity index (χ0v) is 10.3. The van der Waals surface area contributed by atoms with E-state index < -0.39 is 11.5 Å². The minimum Gasteiger partial charge on any atom is -0.480 e. The van der Waals surface area contributed by atoms with E-state index in [1.165, 1.54) is 19.3 Å². The monoisotopic (exact) mass is 229 g/mol. The molecule has 0 aromatic heterocycles. The van der Waals surface area contributed by atoms with Crippen molar-refractivity contribution in [2.75, 3.05) is 13.7 Å². The second kappa shape index (κ2) is 6.21. The number of carboxylic acid groups (broad SMARTS) is 1. The van der Waals surface area contributed by atoms with Gasteiger partial charge in [0, 0.05) is 6.61 Å². The summed E-state index contributed by atoms with van der Waals surface area (Å²) in [6.45, 7) is 2.22. The lowest BCUT2D eigenvalue weighted by Crippen LogP contribution is -2.48. The van der Waals surface area contributed by atoms with Gasteiger partial charge >= 0.3 is 5.97 Å². The molecule has 1 aliphatic carbocycles. The van der Waals surface area contributed by atoms with Crippen molar-refractivity contribution in [1.82, 2.24) is 5.32 Å². The zero-order valence-electron chi connectivity index (χ0n) is 10.3. The summed E-state index contributed by atoms with van der Waals surface area (Å²) in [6, 6.07) is 0. The van der Waals surface area contributed by atoms with Crippen molar-refractivity contribution in [2.24, 2.45) is 0 Å². The summed E-state index contributed by atoms with van der Waals surface area (Å²) in [6.07, 6.45) is 6.91. The van der Waals surface area contributed by atoms with Crippen LogP contribution in [0.4, 0.5) is 0 Å². The molecule has 1 atom stereocenters. The molecule has 0 aromatic rings. The number of nitrogens with one attached hydrogen (secondary N) is 1. The summed E-state index contributed by atoms with van der Waals surface area (Å²) < 4.78 is 5.73. The zero-order chi connectivity index (χ0) is 12.0. The maximum Gasteiger partial charge on any atom is 0.323 e. The Morgan fingerprint density at radius 3 is 2.56 bits per heavy atom. The Labute approximate surface area is 97.4 Å².